The lowest BCUT2D eigenvalue weighted by Gasteiger charge is -2.18. The molecule has 10 heteroatoms. The first-order valence-electron chi connectivity index (χ1n) is 9.03. The normalized spacial score (nSPS) is 11.7. The van der Waals surface area contributed by atoms with E-state index in [-0.39, 0.29) is 30.0 Å². The van der Waals surface area contributed by atoms with Crippen LogP contribution in [0.5, 0.6) is 5.75 Å². The van der Waals surface area contributed by atoms with Gasteiger partial charge in [0, 0.05) is 12.6 Å². The number of hydrogen-bond donors (Lipinski definition) is 0. The number of hydrogen-bond acceptors (Lipinski definition) is 6. The minimum Gasteiger partial charge on any atom is -0.459 e. The predicted octanol–water partition coefficient (Wildman–Crippen LogP) is 4.68. The Kier molecular flexibility index (Phi) is 6.55. The van der Waals surface area contributed by atoms with E-state index in [2.05, 4.69) is 14.9 Å². The lowest BCUT2D eigenvalue weighted by atomic mass is 10.2. The highest BCUT2D eigenvalue weighted by molar-refractivity contribution is 5.91. The molecular formula is C20H18F3N3O4. The number of aromatic nitrogens is 2. The largest absolute Gasteiger partial charge is 0.573 e. The molecule has 0 aliphatic heterocycles. The summed E-state index contributed by atoms with van der Waals surface area (Å²) >= 11 is 0. The molecule has 0 unspecified atom stereocenters. The Balaban J connectivity index is 1.63. The monoisotopic (exact) mass is 421 g/mol. The first-order chi connectivity index (χ1) is 14.3. The van der Waals surface area contributed by atoms with Crippen LogP contribution in [0.2, 0.25) is 0 Å². The van der Waals surface area contributed by atoms with Crippen molar-refractivity contribution in [1.82, 2.24) is 15.1 Å². The third kappa shape index (κ3) is 5.97. The van der Waals surface area contributed by atoms with E-state index >= 15 is 0 Å². The standard InChI is InChI=1S/C20H18F3N3O4/c1-2-11-26(13-17-24-25-19(29-17)16-4-3-12-28-16)18(27)10-7-14-5-8-15(9-6-14)30-20(21,22)23/h3-10,12H,2,11,13H2,1H3/b10-7+. The van der Waals surface area contributed by atoms with Gasteiger partial charge in [0.05, 0.1) is 12.8 Å². The minimum atomic E-state index is -4.75. The SMILES string of the molecule is CCCN(Cc1nnc(-c2ccco2)o1)C(=O)/C=C/c1ccc(OC(F)(F)F)cc1. The number of amides is 1. The number of rotatable bonds is 8. The molecule has 158 valence electrons. The van der Waals surface area contributed by atoms with Gasteiger partial charge in [-0.05, 0) is 42.3 Å². The molecule has 0 saturated heterocycles. The number of nitrogens with zero attached hydrogens (tertiary/aromatic N) is 3. The molecule has 2 aromatic heterocycles. The van der Waals surface area contributed by atoms with Crippen LogP contribution in [0.4, 0.5) is 13.2 Å². The maximum atomic E-state index is 12.6. The fourth-order valence-electron chi connectivity index (χ4n) is 2.57. The van der Waals surface area contributed by atoms with Crippen LogP contribution in [0.1, 0.15) is 24.8 Å². The van der Waals surface area contributed by atoms with Crippen molar-refractivity contribution < 1.29 is 31.5 Å². The van der Waals surface area contributed by atoms with Gasteiger partial charge in [-0.2, -0.15) is 0 Å². The molecule has 0 aliphatic carbocycles. The molecule has 1 aromatic carbocycles. The van der Waals surface area contributed by atoms with Crippen molar-refractivity contribution in [3.8, 4) is 17.4 Å². The highest BCUT2D eigenvalue weighted by Crippen LogP contribution is 2.23. The van der Waals surface area contributed by atoms with E-state index in [1.54, 1.807) is 12.1 Å². The molecule has 0 N–H and O–H groups in total. The Labute approximate surface area is 169 Å². The minimum absolute atomic E-state index is 0.114. The highest BCUT2D eigenvalue weighted by Gasteiger charge is 2.30. The summed E-state index contributed by atoms with van der Waals surface area (Å²) in [6, 6.07) is 8.57. The molecule has 0 atom stereocenters. The Morgan fingerprint density at radius 3 is 2.60 bits per heavy atom. The summed E-state index contributed by atoms with van der Waals surface area (Å²) in [5.41, 5.74) is 0.548. The smallest absolute Gasteiger partial charge is 0.459 e. The number of halogens is 3. The second-order valence-electron chi connectivity index (χ2n) is 6.19. The van der Waals surface area contributed by atoms with Gasteiger partial charge in [0.15, 0.2) is 5.76 Å². The van der Waals surface area contributed by atoms with Crippen molar-refractivity contribution in [2.75, 3.05) is 6.54 Å². The van der Waals surface area contributed by atoms with Crippen LogP contribution in [0, 0.1) is 0 Å². The van der Waals surface area contributed by atoms with Crippen molar-refractivity contribution in [1.29, 1.82) is 0 Å². The molecule has 0 spiro atoms. The third-order valence-corrected chi connectivity index (χ3v) is 3.86. The predicted molar refractivity (Wildman–Crippen MR) is 99.9 cm³/mol. The molecule has 2 heterocycles. The Bertz CT molecular complexity index is 980. The number of carbonyl (C=O) groups is 1. The molecule has 0 bridgehead atoms. The zero-order valence-electron chi connectivity index (χ0n) is 15.9. The van der Waals surface area contributed by atoms with Gasteiger partial charge in [0.1, 0.15) is 5.75 Å². The fourth-order valence-corrected chi connectivity index (χ4v) is 2.57. The van der Waals surface area contributed by atoms with Gasteiger partial charge in [-0.25, -0.2) is 0 Å². The summed E-state index contributed by atoms with van der Waals surface area (Å²) in [7, 11) is 0. The highest BCUT2D eigenvalue weighted by atomic mass is 19.4. The van der Waals surface area contributed by atoms with E-state index in [0.717, 1.165) is 0 Å². The number of ether oxygens (including phenoxy) is 1. The molecular weight excluding hydrogens is 403 g/mol. The maximum absolute atomic E-state index is 12.6. The van der Waals surface area contributed by atoms with Gasteiger partial charge in [0.25, 0.3) is 5.89 Å². The lowest BCUT2D eigenvalue weighted by molar-refractivity contribution is -0.274. The Morgan fingerprint density at radius 1 is 1.20 bits per heavy atom. The van der Waals surface area contributed by atoms with Crippen molar-refractivity contribution in [2.24, 2.45) is 0 Å². The lowest BCUT2D eigenvalue weighted by Crippen LogP contribution is -2.29. The van der Waals surface area contributed by atoms with Crippen molar-refractivity contribution in [3.05, 3.63) is 60.2 Å². The summed E-state index contributed by atoms with van der Waals surface area (Å²) in [6.07, 6.45) is 0.282. The van der Waals surface area contributed by atoms with Crippen LogP contribution in [0.15, 0.2) is 57.6 Å². The molecule has 7 nitrogen and oxygen atoms in total. The molecule has 0 radical (unpaired) electrons. The van der Waals surface area contributed by atoms with Gasteiger partial charge in [-0.3, -0.25) is 4.79 Å². The van der Waals surface area contributed by atoms with Crippen LogP contribution in [-0.2, 0) is 11.3 Å². The first-order valence-corrected chi connectivity index (χ1v) is 9.03. The summed E-state index contributed by atoms with van der Waals surface area (Å²) in [5, 5.41) is 7.83. The third-order valence-electron chi connectivity index (χ3n) is 3.86. The van der Waals surface area contributed by atoms with E-state index in [1.165, 1.54) is 47.6 Å². The van der Waals surface area contributed by atoms with Gasteiger partial charge in [-0.15, -0.1) is 23.4 Å². The molecule has 3 rings (SSSR count). The van der Waals surface area contributed by atoms with E-state index in [9.17, 15) is 18.0 Å². The van der Waals surface area contributed by atoms with Gasteiger partial charge in [-0.1, -0.05) is 19.1 Å². The molecule has 3 aromatic rings. The van der Waals surface area contributed by atoms with E-state index in [4.69, 9.17) is 8.83 Å². The van der Waals surface area contributed by atoms with Crippen LogP contribution >= 0.6 is 0 Å². The average molecular weight is 421 g/mol. The average Bonchev–Trinajstić information content (AvgIpc) is 3.37. The van der Waals surface area contributed by atoms with Gasteiger partial charge < -0.3 is 18.5 Å². The zero-order chi connectivity index (χ0) is 21.6. The summed E-state index contributed by atoms with van der Waals surface area (Å²) in [4.78, 5) is 14.1. The summed E-state index contributed by atoms with van der Waals surface area (Å²) < 4.78 is 51.2. The number of alkyl halides is 3. The van der Waals surface area contributed by atoms with Crippen LogP contribution in [0.25, 0.3) is 17.7 Å². The van der Waals surface area contributed by atoms with Crippen molar-refractivity contribution in [3.63, 3.8) is 0 Å². The van der Waals surface area contributed by atoms with Crippen molar-refractivity contribution >= 4 is 12.0 Å². The molecule has 1 amide bonds. The first kappa shape index (κ1) is 21.2. The Morgan fingerprint density at radius 2 is 1.97 bits per heavy atom. The zero-order valence-corrected chi connectivity index (χ0v) is 15.9. The van der Waals surface area contributed by atoms with Gasteiger partial charge in [0.2, 0.25) is 11.8 Å². The summed E-state index contributed by atoms with van der Waals surface area (Å²) in [5.74, 6) is 0.272. The Hall–Kier alpha value is -3.56. The van der Waals surface area contributed by atoms with Gasteiger partial charge >= 0.3 is 6.36 Å². The van der Waals surface area contributed by atoms with Crippen molar-refractivity contribution in [2.45, 2.75) is 26.3 Å². The summed E-state index contributed by atoms with van der Waals surface area (Å²) in [6.45, 7) is 2.49. The van der Waals surface area contributed by atoms with E-state index < -0.39 is 6.36 Å². The number of carbonyl (C=O) groups excluding carboxylic acids is 1. The number of benzene rings is 1. The molecule has 0 fully saturated rings. The van der Waals surface area contributed by atoms with E-state index in [1.807, 2.05) is 6.92 Å². The molecule has 30 heavy (non-hydrogen) atoms. The van der Waals surface area contributed by atoms with Crippen LogP contribution in [-0.4, -0.2) is 33.9 Å². The fraction of sp³-hybridized carbons (Fsp3) is 0.250. The molecule has 0 saturated carbocycles. The van der Waals surface area contributed by atoms with E-state index in [0.29, 0.717) is 24.3 Å². The quantitative estimate of drug-likeness (QED) is 0.491. The second-order valence-corrected chi connectivity index (χ2v) is 6.19. The second kappa shape index (κ2) is 9.29. The molecule has 0 aliphatic rings. The van der Waals surface area contributed by atoms with Crippen LogP contribution < -0.4 is 4.74 Å². The topological polar surface area (TPSA) is 81.6 Å². The number of furan rings is 1. The maximum Gasteiger partial charge on any atom is 0.573 e. The van der Waals surface area contributed by atoms with Crippen LogP contribution in [0.3, 0.4) is 0 Å².